The first-order chi connectivity index (χ1) is 33.7. The smallest absolute Gasteiger partial charge is 0.411 e. The van der Waals surface area contributed by atoms with Crippen molar-refractivity contribution in [2.45, 2.75) is 122 Å². The maximum atomic E-state index is 13.9. The first kappa shape index (κ1) is 53.9. The van der Waals surface area contributed by atoms with Gasteiger partial charge in [-0.15, -0.1) is 0 Å². The molecule has 0 fully saturated rings. The number of nitrogens with one attached hydrogen (secondary N) is 6. The fourth-order valence-corrected chi connectivity index (χ4v) is 8.13. The number of ether oxygens (including phenoxy) is 3. The van der Waals surface area contributed by atoms with Gasteiger partial charge in [-0.2, -0.15) is 0 Å². The molecule has 380 valence electrons. The number of amides is 6. The van der Waals surface area contributed by atoms with Gasteiger partial charge in [0.05, 0.1) is 25.0 Å². The minimum atomic E-state index is -1.77. The van der Waals surface area contributed by atoms with Gasteiger partial charge < -0.3 is 56.1 Å². The molecule has 3 aromatic carbocycles. The van der Waals surface area contributed by atoms with Gasteiger partial charge in [0.25, 0.3) is 0 Å². The van der Waals surface area contributed by atoms with Crippen molar-refractivity contribution in [3.63, 3.8) is 0 Å². The van der Waals surface area contributed by atoms with Crippen molar-refractivity contribution >= 4 is 70.9 Å². The zero-order valence-corrected chi connectivity index (χ0v) is 39.6. The molecule has 1 unspecified atom stereocenters. The van der Waals surface area contributed by atoms with Crippen LogP contribution in [0.1, 0.15) is 119 Å². The van der Waals surface area contributed by atoms with Crippen LogP contribution in [0.3, 0.4) is 0 Å². The number of fused-ring (bicyclic) bond motifs is 6. The molecule has 0 bridgehead atoms. The Bertz CT molecular complexity index is 2530. The molecule has 71 heavy (non-hydrogen) atoms. The Morgan fingerprint density at radius 3 is 1.79 bits per heavy atom. The third-order valence-electron chi connectivity index (χ3n) is 11.6. The largest absolute Gasteiger partial charge is 0.481 e. The highest BCUT2D eigenvalue weighted by Crippen LogP contribution is 2.56. The van der Waals surface area contributed by atoms with Crippen molar-refractivity contribution in [1.29, 1.82) is 0 Å². The SMILES string of the molecule is CCCCCCCCOC(=O)Nc1ccc2c(c1)Oc1cc(NC(=O)[C@H](CC(=O)O)NC(=O)[C@@H](NC(=O)[C@H](CCC(=O)O)NC(=O)[C@H](CC(=O)O)NC(C)=O)C(C)C)ccc1C21OC(=O)c2ccccc21. The van der Waals surface area contributed by atoms with E-state index in [1.807, 2.05) is 0 Å². The van der Waals surface area contributed by atoms with Gasteiger partial charge in [-0.3, -0.25) is 43.7 Å². The molecule has 22 nitrogen and oxygen atoms in total. The molecule has 0 aliphatic carbocycles. The fraction of sp³-hybridized carbons (Fsp3) is 0.429. The standard InChI is InChI=1S/C49H58N6O16/c1-5-6-7-8-9-12-21-69-48(68)52-29-16-18-33-38(23-29)70-37-22-28(15-17-32(37)49(33)31-14-11-10-13-30(31)47(67)71-49)51-44(64)36(25-41(61)62)54-46(66)42(26(2)3)55-43(63)34(19-20-39(57)58)53-45(65)35(24-40(59)60)50-27(4)56/h10-11,13-18,22-23,26,34-36,42H,5-9,12,19-21,24-25H2,1-4H3,(H,50,56)(H,51,64)(H,52,68)(H,53,65)(H,54,66)(H,55,63)(H,57,58)(H,59,60)(H,61,62)/t34-,35-,36-,42-,49?/m0/s1. The van der Waals surface area contributed by atoms with E-state index < -0.39 is 121 Å². The summed E-state index contributed by atoms with van der Waals surface area (Å²) >= 11 is 0. The number of carboxylic acid groups (broad SMARTS) is 3. The lowest BCUT2D eigenvalue weighted by Gasteiger charge is -2.37. The highest BCUT2D eigenvalue weighted by molar-refractivity contribution is 6.02. The quantitative estimate of drug-likeness (QED) is 0.0416. The van der Waals surface area contributed by atoms with Crippen LogP contribution in [0.25, 0.3) is 0 Å². The van der Waals surface area contributed by atoms with Crippen LogP contribution in [0.2, 0.25) is 0 Å². The number of carbonyl (C=O) groups excluding carboxylic acids is 7. The maximum absolute atomic E-state index is 13.9. The van der Waals surface area contributed by atoms with Crippen molar-refractivity contribution in [3.8, 4) is 11.5 Å². The van der Waals surface area contributed by atoms with Crippen LogP contribution in [0.15, 0.2) is 60.7 Å². The maximum Gasteiger partial charge on any atom is 0.411 e. The molecule has 2 aliphatic heterocycles. The molecular weight excluding hydrogens is 929 g/mol. The molecule has 1 spiro atoms. The lowest BCUT2D eigenvalue weighted by Crippen LogP contribution is -2.59. The van der Waals surface area contributed by atoms with Gasteiger partial charge in [-0.05, 0) is 49.1 Å². The zero-order valence-electron chi connectivity index (χ0n) is 39.6. The lowest BCUT2D eigenvalue weighted by atomic mass is 9.77. The van der Waals surface area contributed by atoms with E-state index in [0.717, 1.165) is 39.0 Å². The third kappa shape index (κ3) is 14.0. The van der Waals surface area contributed by atoms with Crippen molar-refractivity contribution in [1.82, 2.24) is 21.3 Å². The topological polar surface area (TPSA) is 331 Å². The average molecular weight is 987 g/mol. The van der Waals surface area contributed by atoms with Crippen LogP contribution >= 0.6 is 0 Å². The fourth-order valence-electron chi connectivity index (χ4n) is 8.13. The van der Waals surface area contributed by atoms with E-state index in [4.69, 9.17) is 14.2 Å². The molecule has 2 heterocycles. The molecule has 0 radical (unpaired) electrons. The van der Waals surface area contributed by atoms with E-state index in [9.17, 15) is 63.3 Å². The summed E-state index contributed by atoms with van der Waals surface area (Å²) in [5.41, 5.74) is 0.361. The average Bonchev–Trinajstić information content (AvgIpc) is 3.59. The molecule has 0 aromatic heterocycles. The van der Waals surface area contributed by atoms with Crippen molar-refractivity contribution in [2.24, 2.45) is 5.92 Å². The number of anilines is 2. The van der Waals surface area contributed by atoms with Crippen molar-refractivity contribution in [2.75, 3.05) is 17.2 Å². The second-order valence-electron chi connectivity index (χ2n) is 17.4. The highest BCUT2D eigenvalue weighted by Gasteiger charge is 2.53. The molecule has 9 N–H and O–H groups in total. The molecule has 22 heteroatoms. The second kappa shape index (κ2) is 24.5. The third-order valence-corrected chi connectivity index (χ3v) is 11.6. The summed E-state index contributed by atoms with van der Waals surface area (Å²) in [4.78, 5) is 127. The molecule has 0 saturated heterocycles. The second-order valence-corrected chi connectivity index (χ2v) is 17.4. The number of carboxylic acids is 3. The Morgan fingerprint density at radius 2 is 1.20 bits per heavy atom. The number of esters is 1. The highest BCUT2D eigenvalue weighted by atomic mass is 16.6. The number of benzene rings is 3. The number of hydrogen-bond donors (Lipinski definition) is 9. The summed E-state index contributed by atoms with van der Waals surface area (Å²) in [6.45, 7) is 6.38. The van der Waals surface area contributed by atoms with Gasteiger partial charge in [0, 0.05) is 53.5 Å². The molecule has 5 atom stereocenters. The summed E-state index contributed by atoms with van der Waals surface area (Å²) in [5.74, 6) is -10.4. The van der Waals surface area contributed by atoms with E-state index in [-0.39, 0.29) is 23.8 Å². The number of carbonyl (C=O) groups is 10. The van der Waals surface area contributed by atoms with Crippen molar-refractivity contribution < 1.29 is 77.5 Å². The summed E-state index contributed by atoms with van der Waals surface area (Å²) < 4.78 is 18.0. The van der Waals surface area contributed by atoms with Crippen LogP contribution in [0, 0.1) is 5.92 Å². The Balaban J connectivity index is 1.36. The van der Waals surface area contributed by atoms with Gasteiger partial charge in [0.15, 0.2) is 5.60 Å². The molecule has 0 saturated carbocycles. The first-order valence-electron chi connectivity index (χ1n) is 23.1. The summed E-state index contributed by atoms with van der Waals surface area (Å²) in [7, 11) is 0. The number of aliphatic carboxylic acids is 3. The molecule has 5 rings (SSSR count). The minimum Gasteiger partial charge on any atom is -0.481 e. The predicted octanol–water partition coefficient (Wildman–Crippen LogP) is 4.53. The Kier molecular flexibility index (Phi) is 18.6. The van der Waals surface area contributed by atoms with E-state index in [2.05, 4.69) is 38.8 Å². The summed E-state index contributed by atoms with van der Waals surface area (Å²) in [6, 6.07) is 9.37. The Labute approximate surface area is 407 Å². The van der Waals surface area contributed by atoms with Gasteiger partial charge >= 0.3 is 30.0 Å². The van der Waals surface area contributed by atoms with Crippen molar-refractivity contribution in [3.05, 3.63) is 82.9 Å². The van der Waals surface area contributed by atoms with Crippen LogP contribution in [-0.4, -0.2) is 106 Å². The first-order valence-corrected chi connectivity index (χ1v) is 23.1. The minimum absolute atomic E-state index is 0.0494. The van der Waals surface area contributed by atoms with Crippen LogP contribution in [-0.2, 0) is 53.4 Å². The summed E-state index contributed by atoms with van der Waals surface area (Å²) in [5, 5.41) is 42.8. The predicted molar refractivity (Wildman–Crippen MR) is 251 cm³/mol. The number of hydrogen-bond acceptors (Lipinski definition) is 13. The Morgan fingerprint density at radius 1 is 0.634 bits per heavy atom. The molecule has 2 aliphatic rings. The van der Waals surface area contributed by atoms with Gasteiger partial charge in [0.1, 0.15) is 35.7 Å². The normalized spacial score (nSPS) is 15.7. The van der Waals surface area contributed by atoms with Gasteiger partial charge in [-0.1, -0.05) is 71.1 Å². The summed E-state index contributed by atoms with van der Waals surface area (Å²) in [6.07, 6.45) is 2.35. The van der Waals surface area contributed by atoms with E-state index in [1.54, 1.807) is 42.5 Å². The van der Waals surface area contributed by atoms with E-state index in [0.29, 0.717) is 34.4 Å². The van der Waals surface area contributed by atoms with Gasteiger partial charge in [-0.25, -0.2) is 9.59 Å². The van der Waals surface area contributed by atoms with Crippen LogP contribution < -0.4 is 36.6 Å². The van der Waals surface area contributed by atoms with E-state index >= 15 is 0 Å². The van der Waals surface area contributed by atoms with Gasteiger partial charge in [0.2, 0.25) is 29.5 Å². The number of unbranched alkanes of at least 4 members (excludes halogenated alkanes) is 5. The van der Waals surface area contributed by atoms with E-state index in [1.165, 1.54) is 32.0 Å². The molecule has 3 aromatic rings. The zero-order chi connectivity index (χ0) is 52.0. The molecular formula is C49H58N6O16. The van der Waals surface area contributed by atoms with Crippen LogP contribution in [0.5, 0.6) is 11.5 Å². The lowest BCUT2D eigenvalue weighted by molar-refractivity contribution is -0.142. The number of rotatable bonds is 25. The van der Waals surface area contributed by atoms with Crippen LogP contribution in [0.4, 0.5) is 16.2 Å². The monoisotopic (exact) mass is 986 g/mol. The molecule has 6 amide bonds. The Hall–Kier alpha value is -8.04.